The lowest BCUT2D eigenvalue weighted by molar-refractivity contribution is -0.125. The van der Waals surface area contributed by atoms with Gasteiger partial charge in [-0.1, -0.05) is 44.2 Å². The van der Waals surface area contributed by atoms with Gasteiger partial charge in [0.1, 0.15) is 4.70 Å². The van der Waals surface area contributed by atoms with Crippen molar-refractivity contribution in [2.45, 2.75) is 33.1 Å². The van der Waals surface area contributed by atoms with Crippen LogP contribution in [0.5, 0.6) is 0 Å². The van der Waals surface area contributed by atoms with Gasteiger partial charge in [-0.05, 0) is 44.5 Å². The van der Waals surface area contributed by atoms with E-state index in [1.807, 2.05) is 35.7 Å². The fourth-order valence-electron chi connectivity index (χ4n) is 4.47. The van der Waals surface area contributed by atoms with Crippen molar-refractivity contribution in [2.24, 2.45) is 5.92 Å². The molecule has 1 aromatic carbocycles. The highest BCUT2D eigenvalue weighted by Crippen LogP contribution is 2.32. The maximum atomic E-state index is 12.8. The summed E-state index contributed by atoms with van der Waals surface area (Å²) in [6.45, 7) is 9.44. The Labute approximate surface area is 198 Å². The maximum absolute atomic E-state index is 12.8. The minimum absolute atomic E-state index is 0.0933. The molecule has 1 unspecified atom stereocenters. The minimum atomic E-state index is -0.120. The van der Waals surface area contributed by atoms with Crippen LogP contribution in [0.15, 0.2) is 40.5 Å². The highest BCUT2D eigenvalue weighted by atomic mass is 32.1. The van der Waals surface area contributed by atoms with Crippen molar-refractivity contribution in [1.29, 1.82) is 0 Å². The summed E-state index contributed by atoms with van der Waals surface area (Å²) in [5.41, 5.74) is 2.63. The molecule has 0 radical (unpaired) electrons. The Kier molecular flexibility index (Phi) is 7.77. The normalized spacial score (nSPS) is 16.5. The van der Waals surface area contributed by atoms with Crippen molar-refractivity contribution in [3.63, 3.8) is 0 Å². The number of anilines is 1. The SMILES string of the molecule is CCN(CC)CCCNC(=O)C1CCCN(c2nc3c(-c4ccccc4)csc3c(=O)[nH]2)C1. The Morgan fingerprint density at radius 1 is 1.27 bits per heavy atom. The lowest BCUT2D eigenvalue weighted by atomic mass is 9.97. The number of aromatic amines is 1. The molecule has 2 aromatic heterocycles. The van der Waals surface area contributed by atoms with Gasteiger partial charge in [-0.3, -0.25) is 14.6 Å². The average molecular weight is 468 g/mol. The maximum Gasteiger partial charge on any atom is 0.270 e. The van der Waals surface area contributed by atoms with Crippen LogP contribution in [0.3, 0.4) is 0 Å². The first-order chi connectivity index (χ1) is 16.1. The third-order valence-corrected chi connectivity index (χ3v) is 7.40. The van der Waals surface area contributed by atoms with Crippen LogP contribution in [-0.2, 0) is 4.79 Å². The summed E-state index contributed by atoms with van der Waals surface area (Å²) in [7, 11) is 0. The number of rotatable bonds is 9. The number of nitrogens with zero attached hydrogens (tertiary/aromatic N) is 3. The Morgan fingerprint density at radius 3 is 2.82 bits per heavy atom. The topological polar surface area (TPSA) is 81.3 Å². The lowest BCUT2D eigenvalue weighted by Crippen LogP contribution is -2.44. The van der Waals surface area contributed by atoms with E-state index in [0.717, 1.165) is 62.1 Å². The highest BCUT2D eigenvalue weighted by molar-refractivity contribution is 7.17. The summed E-state index contributed by atoms with van der Waals surface area (Å²) in [6.07, 6.45) is 2.71. The van der Waals surface area contributed by atoms with Crippen LogP contribution in [0.1, 0.15) is 33.1 Å². The number of hydrogen-bond donors (Lipinski definition) is 2. The van der Waals surface area contributed by atoms with Gasteiger partial charge >= 0.3 is 0 Å². The molecule has 0 aliphatic carbocycles. The molecule has 1 aliphatic rings. The molecular weight excluding hydrogens is 434 g/mol. The second-order valence-corrected chi connectivity index (χ2v) is 9.42. The van der Waals surface area contributed by atoms with Crippen molar-refractivity contribution >= 4 is 33.4 Å². The van der Waals surface area contributed by atoms with E-state index >= 15 is 0 Å². The smallest absolute Gasteiger partial charge is 0.270 e. The molecule has 0 bridgehead atoms. The number of H-pyrrole nitrogens is 1. The molecular formula is C25H33N5O2S. The molecule has 1 atom stereocenters. The number of nitrogens with one attached hydrogen (secondary N) is 2. The Balaban J connectivity index is 1.45. The van der Waals surface area contributed by atoms with Gasteiger partial charge in [-0.25, -0.2) is 4.98 Å². The Morgan fingerprint density at radius 2 is 2.06 bits per heavy atom. The van der Waals surface area contributed by atoms with Gasteiger partial charge in [0.15, 0.2) is 0 Å². The number of carbonyl (C=O) groups is 1. The first kappa shape index (κ1) is 23.4. The molecule has 0 saturated carbocycles. The van der Waals surface area contributed by atoms with E-state index in [4.69, 9.17) is 4.98 Å². The van der Waals surface area contributed by atoms with E-state index in [0.29, 0.717) is 23.7 Å². The van der Waals surface area contributed by atoms with Crippen LogP contribution in [-0.4, -0.2) is 60.0 Å². The van der Waals surface area contributed by atoms with Crippen LogP contribution in [0.25, 0.3) is 21.3 Å². The third kappa shape index (κ3) is 5.45. The first-order valence-corrected chi connectivity index (χ1v) is 12.8. The number of amides is 1. The number of hydrogen-bond acceptors (Lipinski definition) is 6. The first-order valence-electron chi connectivity index (χ1n) is 11.9. The number of fused-ring (bicyclic) bond motifs is 1. The number of aromatic nitrogens is 2. The zero-order valence-electron chi connectivity index (χ0n) is 19.5. The second-order valence-electron chi connectivity index (χ2n) is 8.54. The molecule has 1 saturated heterocycles. The van der Waals surface area contributed by atoms with Crippen LogP contribution in [0.4, 0.5) is 5.95 Å². The van der Waals surface area contributed by atoms with Gasteiger partial charge in [-0.15, -0.1) is 11.3 Å². The fraction of sp³-hybridized carbons (Fsp3) is 0.480. The molecule has 1 aliphatic heterocycles. The summed E-state index contributed by atoms with van der Waals surface area (Å²) >= 11 is 1.42. The molecule has 1 amide bonds. The van der Waals surface area contributed by atoms with Crippen molar-refractivity contribution in [3.8, 4) is 11.1 Å². The molecule has 7 nitrogen and oxygen atoms in total. The zero-order chi connectivity index (χ0) is 23.2. The zero-order valence-corrected chi connectivity index (χ0v) is 20.3. The van der Waals surface area contributed by atoms with Crippen molar-refractivity contribution in [3.05, 3.63) is 46.1 Å². The van der Waals surface area contributed by atoms with E-state index in [2.05, 4.69) is 33.9 Å². The molecule has 3 aromatic rings. The minimum Gasteiger partial charge on any atom is -0.356 e. The van der Waals surface area contributed by atoms with Gasteiger partial charge in [0.05, 0.1) is 11.4 Å². The van der Waals surface area contributed by atoms with E-state index in [1.165, 1.54) is 11.3 Å². The van der Waals surface area contributed by atoms with Crippen molar-refractivity contribution < 1.29 is 4.79 Å². The standard InChI is InChI=1S/C25H33N5O2S/c1-3-29(4-2)14-9-13-26-23(31)19-12-8-15-30(16-19)25-27-21-20(18-10-6-5-7-11-18)17-33-22(21)24(32)28-25/h5-7,10-11,17,19H,3-4,8-9,12-16H2,1-2H3,(H,26,31)(H,27,28,32). The lowest BCUT2D eigenvalue weighted by Gasteiger charge is -2.32. The monoisotopic (exact) mass is 467 g/mol. The summed E-state index contributed by atoms with van der Waals surface area (Å²) in [6, 6.07) is 10.0. The van der Waals surface area contributed by atoms with Gasteiger partial charge < -0.3 is 15.1 Å². The van der Waals surface area contributed by atoms with Gasteiger partial charge in [-0.2, -0.15) is 0 Å². The van der Waals surface area contributed by atoms with Crippen LogP contribution in [0.2, 0.25) is 0 Å². The second kappa shape index (κ2) is 10.9. The number of benzene rings is 1. The predicted molar refractivity (Wildman–Crippen MR) is 136 cm³/mol. The number of piperidine rings is 1. The molecule has 1 fully saturated rings. The molecule has 2 N–H and O–H groups in total. The third-order valence-electron chi connectivity index (χ3n) is 6.44. The van der Waals surface area contributed by atoms with E-state index < -0.39 is 0 Å². The Bertz CT molecular complexity index is 1120. The van der Waals surface area contributed by atoms with E-state index in [1.54, 1.807) is 0 Å². The molecule has 0 spiro atoms. The highest BCUT2D eigenvalue weighted by Gasteiger charge is 2.27. The van der Waals surface area contributed by atoms with Gasteiger partial charge in [0, 0.05) is 30.6 Å². The number of carbonyl (C=O) groups excluding carboxylic acids is 1. The average Bonchev–Trinajstić information content (AvgIpc) is 3.29. The van der Waals surface area contributed by atoms with Crippen LogP contribution < -0.4 is 15.8 Å². The summed E-state index contributed by atoms with van der Waals surface area (Å²) < 4.78 is 0.636. The van der Waals surface area contributed by atoms with Crippen molar-refractivity contribution in [1.82, 2.24) is 20.2 Å². The molecule has 33 heavy (non-hydrogen) atoms. The molecule has 3 heterocycles. The quantitative estimate of drug-likeness (QED) is 0.469. The number of thiophene rings is 1. The fourth-order valence-corrected chi connectivity index (χ4v) is 5.38. The summed E-state index contributed by atoms with van der Waals surface area (Å²) in [5, 5.41) is 5.11. The molecule has 176 valence electrons. The van der Waals surface area contributed by atoms with E-state index in [-0.39, 0.29) is 17.4 Å². The largest absolute Gasteiger partial charge is 0.356 e. The predicted octanol–water partition coefficient (Wildman–Crippen LogP) is 3.72. The Hall–Kier alpha value is -2.71. The van der Waals surface area contributed by atoms with Crippen LogP contribution in [0, 0.1) is 5.92 Å². The van der Waals surface area contributed by atoms with Crippen molar-refractivity contribution in [2.75, 3.05) is 44.2 Å². The van der Waals surface area contributed by atoms with Gasteiger partial charge in [0.2, 0.25) is 11.9 Å². The van der Waals surface area contributed by atoms with Gasteiger partial charge in [0.25, 0.3) is 5.56 Å². The summed E-state index contributed by atoms with van der Waals surface area (Å²) in [4.78, 5) is 37.8. The van der Waals surface area contributed by atoms with E-state index in [9.17, 15) is 9.59 Å². The van der Waals surface area contributed by atoms with Crippen LogP contribution >= 0.6 is 11.3 Å². The summed E-state index contributed by atoms with van der Waals surface area (Å²) in [5.74, 6) is 0.564. The molecule has 4 rings (SSSR count). The molecule has 8 heteroatoms.